The zero-order valence-electron chi connectivity index (χ0n) is 10.2. The molecule has 0 spiro atoms. The Hall–Kier alpha value is -2.44. The number of rotatable bonds is 2. The summed E-state index contributed by atoms with van der Waals surface area (Å²) in [4.78, 5) is 10.8. The molecule has 0 aliphatic carbocycles. The quantitative estimate of drug-likeness (QED) is 0.837. The summed E-state index contributed by atoms with van der Waals surface area (Å²) in [6.45, 7) is 0. The molecule has 110 valence electrons. The lowest BCUT2D eigenvalue weighted by Gasteiger charge is -2.09. The van der Waals surface area contributed by atoms with Gasteiger partial charge < -0.3 is 5.11 Å². The smallest absolute Gasteiger partial charge is 0.416 e. The molecule has 0 fully saturated rings. The maximum atomic E-state index is 13.7. The molecule has 2 aromatic rings. The van der Waals surface area contributed by atoms with Gasteiger partial charge in [0.2, 0.25) is 0 Å². The van der Waals surface area contributed by atoms with E-state index in [0.29, 0.717) is 18.2 Å². The van der Waals surface area contributed by atoms with Crippen LogP contribution in [0.25, 0.3) is 11.1 Å². The molecule has 0 aliphatic rings. The number of carboxylic acids is 1. The van der Waals surface area contributed by atoms with Gasteiger partial charge in [0, 0.05) is 5.56 Å². The fourth-order valence-electron chi connectivity index (χ4n) is 1.76. The summed E-state index contributed by atoms with van der Waals surface area (Å²) in [6.07, 6.45) is -4.55. The first-order chi connectivity index (χ1) is 9.70. The largest absolute Gasteiger partial charge is 0.478 e. The minimum atomic E-state index is -4.55. The van der Waals surface area contributed by atoms with Gasteiger partial charge in [-0.1, -0.05) is 12.1 Å². The Morgan fingerprint density at radius 3 is 2.05 bits per heavy atom. The summed E-state index contributed by atoms with van der Waals surface area (Å²) in [5.41, 5.74) is -1.91. The van der Waals surface area contributed by atoms with Crippen molar-refractivity contribution in [1.82, 2.24) is 0 Å². The van der Waals surface area contributed by atoms with Crippen molar-refractivity contribution in [2.75, 3.05) is 0 Å². The van der Waals surface area contributed by atoms with E-state index in [1.807, 2.05) is 0 Å². The predicted octanol–water partition coefficient (Wildman–Crippen LogP) is 4.35. The molecule has 2 rings (SSSR count). The second-order valence-corrected chi connectivity index (χ2v) is 4.20. The van der Waals surface area contributed by atoms with E-state index in [1.165, 1.54) is 0 Å². The van der Waals surface area contributed by atoms with Crippen LogP contribution >= 0.6 is 0 Å². The van der Waals surface area contributed by atoms with E-state index < -0.39 is 40.5 Å². The molecule has 0 heterocycles. The normalized spacial score (nSPS) is 11.5. The molecule has 0 atom stereocenters. The second kappa shape index (κ2) is 5.16. The first kappa shape index (κ1) is 15.0. The molecule has 0 radical (unpaired) electrons. The molecule has 0 amide bonds. The molecule has 0 unspecified atom stereocenters. The maximum absolute atomic E-state index is 13.7. The Balaban J connectivity index is 2.54. The lowest BCUT2D eigenvalue weighted by atomic mass is 10.0. The number of carboxylic acid groups (broad SMARTS) is 1. The van der Waals surface area contributed by atoms with Gasteiger partial charge >= 0.3 is 12.1 Å². The van der Waals surface area contributed by atoms with Crippen LogP contribution < -0.4 is 0 Å². The van der Waals surface area contributed by atoms with Gasteiger partial charge in [-0.2, -0.15) is 13.2 Å². The van der Waals surface area contributed by atoms with E-state index in [-0.39, 0.29) is 5.56 Å². The Kier molecular flexibility index (Phi) is 3.67. The Morgan fingerprint density at radius 2 is 1.57 bits per heavy atom. The van der Waals surface area contributed by atoms with Gasteiger partial charge in [0.25, 0.3) is 0 Å². The number of hydrogen-bond donors (Lipinski definition) is 1. The Labute approximate surface area is 115 Å². The lowest BCUT2D eigenvalue weighted by Crippen LogP contribution is -2.04. The van der Waals surface area contributed by atoms with Crippen molar-refractivity contribution in [2.45, 2.75) is 6.18 Å². The number of alkyl halides is 3. The number of halogens is 5. The van der Waals surface area contributed by atoms with Crippen LogP contribution in [0.15, 0.2) is 36.4 Å². The van der Waals surface area contributed by atoms with E-state index in [0.717, 1.165) is 18.2 Å². The van der Waals surface area contributed by atoms with E-state index >= 15 is 0 Å². The summed E-state index contributed by atoms with van der Waals surface area (Å²) in [5.74, 6) is -4.17. The van der Waals surface area contributed by atoms with Crippen molar-refractivity contribution in [2.24, 2.45) is 0 Å². The van der Waals surface area contributed by atoms with Gasteiger partial charge in [-0.3, -0.25) is 0 Å². The van der Waals surface area contributed by atoms with E-state index in [1.54, 1.807) is 0 Å². The predicted molar refractivity (Wildman–Crippen MR) is 63.8 cm³/mol. The lowest BCUT2D eigenvalue weighted by molar-refractivity contribution is -0.137. The molecule has 0 saturated carbocycles. The topological polar surface area (TPSA) is 37.3 Å². The van der Waals surface area contributed by atoms with Crippen LogP contribution in [0.3, 0.4) is 0 Å². The highest BCUT2D eigenvalue weighted by Crippen LogP contribution is 2.32. The first-order valence-electron chi connectivity index (χ1n) is 5.60. The number of carbonyl (C=O) groups is 1. The summed E-state index contributed by atoms with van der Waals surface area (Å²) >= 11 is 0. The third-order valence-corrected chi connectivity index (χ3v) is 2.80. The highest BCUT2D eigenvalue weighted by Gasteiger charge is 2.30. The van der Waals surface area contributed by atoms with Crippen LogP contribution in [0.1, 0.15) is 15.9 Å². The minimum Gasteiger partial charge on any atom is -0.478 e. The molecule has 0 saturated heterocycles. The third kappa shape index (κ3) is 3.01. The van der Waals surface area contributed by atoms with Gasteiger partial charge in [-0.25, -0.2) is 13.6 Å². The van der Waals surface area contributed by atoms with Crippen LogP contribution in [0.4, 0.5) is 22.0 Å². The average Bonchev–Trinajstić information content (AvgIpc) is 2.40. The van der Waals surface area contributed by atoms with Gasteiger partial charge in [0.1, 0.15) is 0 Å². The van der Waals surface area contributed by atoms with Crippen LogP contribution in [0.5, 0.6) is 0 Å². The molecule has 0 bridgehead atoms. The number of benzene rings is 2. The third-order valence-electron chi connectivity index (χ3n) is 2.80. The highest BCUT2D eigenvalue weighted by molar-refractivity contribution is 5.89. The molecule has 0 aromatic heterocycles. The molecule has 2 aromatic carbocycles. The SMILES string of the molecule is O=C(O)c1cc(F)c(F)c(-c2ccc(C(F)(F)F)cc2)c1. The van der Waals surface area contributed by atoms with Gasteiger partial charge in [0.15, 0.2) is 11.6 Å². The zero-order chi connectivity index (χ0) is 15.8. The van der Waals surface area contributed by atoms with Crippen LogP contribution in [-0.2, 0) is 6.18 Å². The van der Waals surface area contributed by atoms with E-state index in [9.17, 15) is 26.7 Å². The van der Waals surface area contributed by atoms with Gasteiger partial charge in [-0.05, 0) is 29.8 Å². The van der Waals surface area contributed by atoms with Crippen molar-refractivity contribution < 1.29 is 31.9 Å². The first-order valence-corrected chi connectivity index (χ1v) is 5.60. The number of aromatic carboxylic acids is 1. The summed E-state index contributed by atoms with van der Waals surface area (Å²) in [6, 6.07) is 4.69. The Morgan fingerprint density at radius 1 is 1.00 bits per heavy atom. The second-order valence-electron chi connectivity index (χ2n) is 4.20. The van der Waals surface area contributed by atoms with Crippen LogP contribution in [0.2, 0.25) is 0 Å². The molecular formula is C14H7F5O2. The standard InChI is InChI=1S/C14H7F5O2/c15-11-6-8(13(20)21)5-10(12(11)16)7-1-3-9(4-2-7)14(17,18)19/h1-6H,(H,20,21). The molecule has 2 nitrogen and oxygen atoms in total. The summed E-state index contributed by atoms with van der Waals surface area (Å²) in [5, 5.41) is 8.78. The molecular weight excluding hydrogens is 295 g/mol. The summed E-state index contributed by atoms with van der Waals surface area (Å²) in [7, 11) is 0. The molecule has 0 aliphatic heterocycles. The van der Waals surface area contributed by atoms with Gasteiger partial charge in [-0.15, -0.1) is 0 Å². The molecule has 7 heteroatoms. The van der Waals surface area contributed by atoms with Crippen LogP contribution in [0, 0.1) is 11.6 Å². The zero-order valence-corrected chi connectivity index (χ0v) is 10.2. The molecule has 1 N–H and O–H groups in total. The van der Waals surface area contributed by atoms with Crippen LogP contribution in [-0.4, -0.2) is 11.1 Å². The van der Waals surface area contributed by atoms with Crippen molar-refractivity contribution in [3.63, 3.8) is 0 Å². The van der Waals surface area contributed by atoms with Crippen molar-refractivity contribution >= 4 is 5.97 Å². The fourth-order valence-corrected chi connectivity index (χ4v) is 1.76. The summed E-state index contributed by atoms with van der Waals surface area (Å²) < 4.78 is 64.3. The molecule has 21 heavy (non-hydrogen) atoms. The fraction of sp³-hybridized carbons (Fsp3) is 0.0714. The van der Waals surface area contributed by atoms with E-state index in [2.05, 4.69) is 0 Å². The van der Waals surface area contributed by atoms with Crippen molar-refractivity contribution in [3.05, 3.63) is 59.2 Å². The van der Waals surface area contributed by atoms with Gasteiger partial charge in [0.05, 0.1) is 11.1 Å². The average molecular weight is 302 g/mol. The maximum Gasteiger partial charge on any atom is 0.416 e. The van der Waals surface area contributed by atoms with Crippen molar-refractivity contribution in [1.29, 1.82) is 0 Å². The van der Waals surface area contributed by atoms with E-state index in [4.69, 9.17) is 5.11 Å². The van der Waals surface area contributed by atoms with Crippen molar-refractivity contribution in [3.8, 4) is 11.1 Å². The Bertz CT molecular complexity index is 690. The highest BCUT2D eigenvalue weighted by atomic mass is 19.4. The minimum absolute atomic E-state index is 0.0532. The monoisotopic (exact) mass is 302 g/mol. The number of hydrogen-bond acceptors (Lipinski definition) is 1.